The van der Waals surface area contributed by atoms with Crippen LogP contribution in [0.25, 0.3) is 5.95 Å². The fraction of sp³-hybridized carbons (Fsp3) is 0.312. The fourth-order valence-corrected chi connectivity index (χ4v) is 5.07. The summed E-state index contributed by atoms with van der Waals surface area (Å²) in [5.41, 5.74) is 2.85. The molecule has 1 atom stereocenters. The summed E-state index contributed by atoms with van der Waals surface area (Å²) in [7, 11) is 0. The fourth-order valence-electron chi connectivity index (χ4n) is 5.07. The molecule has 4 aromatic rings. The minimum absolute atomic E-state index is 0.0308. The van der Waals surface area contributed by atoms with Gasteiger partial charge in [0.2, 0.25) is 18.6 Å². The van der Waals surface area contributed by atoms with Crippen LogP contribution >= 0.6 is 0 Å². The molecule has 12 heteroatoms. The van der Waals surface area contributed by atoms with E-state index in [0.717, 1.165) is 16.8 Å². The molecule has 4 heterocycles. The van der Waals surface area contributed by atoms with Crippen LogP contribution < -0.4 is 19.7 Å². The van der Waals surface area contributed by atoms with Gasteiger partial charge in [-0.2, -0.15) is 4.98 Å². The highest BCUT2D eigenvalue weighted by molar-refractivity contribution is 5.78. The van der Waals surface area contributed by atoms with Crippen LogP contribution in [-0.2, 0) is 27.6 Å². The number of fused-ring (bicyclic) bond motifs is 1. The highest BCUT2D eigenvalue weighted by Crippen LogP contribution is 2.33. The van der Waals surface area contributed by atoms with Crippen molar-refractivity contribution in [2.24, 2.45) is 0 Å². The number of piperazine rings is 1. The van der Waals surface area contributed by atoms with Crippen molar-refractivity contribution in [3.05, 3.63) is 95.8 Å². The maximum absolute atomic E-state index is 13.8. The van der Waals surface area contributed by atoms with E-state index in [-0.39, 0.29) is 38.2 Å². The summed E-state index contributed by atoms with van der Waals surface area (Å²) in [5, 5.41) is 4.66. The van der Waals surface area contributed by atoms with Gasteiger partial charge in [0, 0.05) is 31.5 Å². The normalized spacial score (nSPS) is 15.8. The van der Waals surface area contributed by atoms with Crippen LogP contribution in [0.2, 0.25) is 0 Å². The minimum atomic E-state index is -0.609. The third kappa shape index (κ3) is 6.47. The molecule has 1 amide bonds. The van der Waals surface area contributed by atoms with E-state index < -0.39 is 6.04 Å². The summed E-state index contributed by atoms with van der Waals surface area (Å²) >= 11 is 0. The number of hydrogen-bond acceptors (Lipinski definition) is 10. The molecule has 0 spiro atoms. The standard InChI is InChI=1S/C32H33N7O5/c1-22(2)25-15-30(36-32(35-25)37-12-10-33-20-37)38-13-11-34-26(27(38)18-40)16-31(41)39(44-19-23-6-4-3-5-7-23)17-24-8-9-28-29(14-24)43-21-42-28/h3-10,12,14-15,20,22,26,34H,11,13,16-17,19,21H2,1-2H3. The molecule has 2 aliphatic rings. The minimum Gasteiger partial charge on any atom is -0.454 e. The molecule has 1 fully saturated rings. The molecule has 226 valence electrons. The molecule has 12 nitrogen and oxygen atoms in total. The largest absolute Gasteiger partial charge is 0.454 e. The summed E-state index contributed by atoms with van der Waals surface area (Å²) in [6, 6.07) is 16.4. The lowest BCUT2D eigenvalue weighted by atomic mass is 10.1. The van der Waals surface area contributed by atoms with Crippen molar-refractivity contribution in [2.45, 2.75) is 45.4 Å². The summed E-state index contributed by atoms with van der Waals surface area (Å²) in [6.07, 6.45) is 5.02. The number of hydroxylamine groups is 2. The van der Waals surface area contributed by atoms with Gasteiger partial charge in [0.1, 0.15) is 30.4 Å². The van der Waals surface area contributed by atoms with E-state index >= 15 is 0 Å². The number of aromatic nitrogens is 4. The van der Waals surface area contributed by atoms with Crippen LogP contribution in [0.15, 0.2) is 79.0 Å². The van der Waals surface area contributed by atoms with Crippen LogP contribution in [0.3, 0.4) is 0 Å². The Morgan fingerprint density at radius 2 is 1.95 bits per heavy atom. The number of benzene rings is 2. The summed E-state index contributed by atoms with van der Waals surface area (Å²) in [6.45, 7) is 5.62. The van der Waals surface area contributed by atoms with Crippen LogP contribution in [-0.4, -0.2) is 62.4 Å². The van der Waals surface area contributed by atoms with Gasteiger partial charge in [-0.1, -0.05) is 50.2 Å². The molecular weight excluding hydrogens is 562 g/mol. The summed E-state index contributed by atoms with van der Waals surface area (Å²) < 4.78 is 12.7. The van der Waals surface area contributed by atoms with Crippen molar-refractivity contribution in [3.8, 4) is 17.4 Å². The summed E-state index contributed by atoms with van der Waals surface area (Å²) in [5.74, 6) is 4.20. The molecule has 1 unspecified atom stereocenters. The number of hydrogen-bond donors (Lipinski definition) is 1. The van der Waals surface area contributed by atoms with E-state index in [1.165, 1.54) is 5.06 Å². The maximum Gasteiger partial charge on any atom is 0.248 e. The van der Waals surface area contributed by atoms with E-state index in [1.807, 2.05) is 73.3 Å². The zero-order valence-corrected chi connectivity index (χ0v) is 24.6. The number of ether oxygens (including phenoxy) is 2. The van der Waals surface area contributed by atoms with E-state index in [0.29, 0.717) is 42.1 Å². The molecule has 0 bridgehead atoms. The van der Waals surface area contributed by atoms with Gasteiger partial charge in [-0.05, 0) is 29.2 Å². The molecule has 0 radical (unpaired) electrons. The van der Waals surface area contributed by atoms with E-state index in [1.54, 1.807) is 23.3 Å². The van der Waals surface area contributed by atoms with Gasteiger partial charge >= 0.3 is 0 Å². The predicted molar refractivity (Wildman–Crippen MR) is 161 cm³/mol. The number of anilines is 1. The number of nitrogens with zero attached hydrogens (tertiary/aromatic N) is 6. The quantitative estimate of drug-likeness (QED) is 0.215. The van der Waals surface area contributed by atoms with Crippen molar-refractivity contribution >= 4 is 17.7 Å². The van der Waals surface area contributed by atoms with Crippen LogP contribution in [0.5, 0.6) is 11.5 Å². The third-order valence-electron chi connectivity index (χ3n) is 7.43. The lowest BCUT2D eigenvalue weighted by Crippen LogP contribution is -2.51. The lowest BCUT2D eigenvalue weighted by Gasteiger charge is -2.35. The van der Waals surface area contributed by atoms with Gasteiger partial charge < -0.3 is 19.7 Å². The lowest BCUT2D eigenvalue weighted by molar-refractivity contribution is -0.196. The van der Waals surface area contributed by atoms with Gasteiger partial charge in [0.05, 0.1) is 24.7 Å². The second kappa shape index (κ2) is 13.1. The number of imidazole rings is 1. The molecule has 0 aliphatic carbocycles. The molecule has 2 aliphatic heterocycles. The number of amides is 1. The second-order valence-corrected chi connectivity index (χ2v) is 10.8. The molecule has 44 heavy (non-hydrogen) atoms. The highest BCUT2D eigenvalue weighted by atomic mass is 16.7. The van der Waals surface area contributed by atoms with E-state index in [2.05, 4.69) is 21.2 Å². The Bertz CT molecular complexity index is 1650. The average Bonchev–Trinajstić information content (AvgIpc) is 3.76. The molecule has 2 aromatic carbocycles. The number of carbonyl (C=O) groups excluding carboxylic acids is 2. The first-order valence-electron chi connectivity index (χ1n) is 14.5. The highest BCUT2D eigenvalue weighted by Gasteiger charge is 2.32. The van der Waals surface area contributed by atoms with E-state index in [4.69, 9.17) is 19.3 Å². The van der Waals surface area contributed by atoms with Gasteiger partial charge in [0.15, 0.2) is 11.5 Å². The molecule has 6 rings (SSSR count). The monoisotopic (exact) mass is 595 g/mol. The Hall–Kier alpha value is -5.03. The Morgan fingerprint density at radius 3 is 2.73 bits per heavy atom. The first-order valence-corrected chi connectivity index (χ1v) is 14.5. The molecular formula is C32H33N7O5. The first kappa shape index (κ1) is 29.1. The van der Waals surface area contributed by atoms with Crippen molar-refractivity contribution in [1.29, 1.82) is 0 Å². The predicted octanol–water partition coefficient (Wildman–Crippen LogP) is 3.56. The Balaban J connectivity index is 1.23. The SMILES string of the molecule is CC(C)c1cc(N2CCNC(CC(=O)N(Cc3ccc4c(c3)OCO4)OCc3ccccc3)C2=C=O)nc(-n2ccnc2)n1. The van der Waals surface area contributed by atoms with Crippen molar-refractivity contribution < 1.29 is 23.9 Å². The van der Waals surface area contributed by atoms with E-state index in [9.17, 15) is 9.59 Å². The van der Waals surface area contributed by atoms with Gasteiger partial charge in [-0.15, -0.1) is 0 Å². The van der Waals surface area contributed by atoms with Gasteiger partial charge in [-0.25, -0.2) is 19.8 Å². The summed E-state index contributed by atoms with van der Waals surface area (Å²) in [4.78, 5) is 47.7. The van der Waals surface area contributed by atoms with Gasteiger partial charge in [-0.3, -0.25) is 14.2 Å². The van der Waals surface area contributed by atoms with Crippen molar-refractivity contribution in [1.82, 2.24) is 29.9 Å². The number of carbonyl (C=O) groups is 1. The van der Waals surface area contributed by atoms with Gasteiger partial charge in [0.25, 0.3) is 0 Å². The third-order valence-corrected chi connectivity index (χ3v) is 7.43. The van der Waals surface area contributed by atoms with Crippen molar-refractivity contribution in [3.63, 3.8) is 0 Å². The maximum atomic E-state index is 13.8. The topological polar surface area (TPSA) is 124 Å². The Morgan fingerprint density at radius 1 is 1.11 bits per heavy atom. The second-order valence-electron chi connectivity index (χ2n) is 10.8. The zero-order valence-electron chi connectivity index (χ0n) is 24.6. The Labute approximate surface area is 254 Å². The molecule has 2 aromatic heterocycles. The number of nitrogens with one attached hydrogen (secondary N) is 1. The smallest absolute Gasteiger partial charge is 0.248 e. The number of rotatable bonds is 10. The van der Waals surface area contributed by atoms with Crippen LogP contribution in [0.1, 0.15) is 43.0 Å². The molecule has 1 N–H and O–H groups in total. The molecule has 0 saturated carbocycles. The van der Waals surface area contributed by atoms with Crippen molar-refractivity contribution in [2.75, 3.05) is 24.8 Å². The Kier molecular flexibility index (Phi) is 8.64. The average molecular weight is 596 g/mol. The molecule has 1 saturated heterocycles. The van der Waals surface area contributed by atoms with Crippen LogP contribution in [0, 0.1) is 0 Å². The zero-order chi connectivity index (χ0) is 30.5. The van der Waals surface area contributed by atoms with Crippen LogP contribution in [0.4, 0.5) is 5.82 Å². The first-order chi connectivity index (χ1) is 21.5.